The molecule has 0 saturated carbocycles. The lowest BCUT2D eigenvalue weighted by molar-refractivity contribution is -0.166. The second kappa shape index (κ2) is 12.8. The fourth-order valence-electron chi connectivity index (χ4n) is 6.40. The molecule has 5 atom stereocenters. The second-order valence-corrected chi connectivity index (χ2v) is 20.7. The third-order valence-electron chi connectivity index (χ3n) is 8.17. The topological polar surface area (TPSA) is 80.3 Å². The zero-order valence-electron chi connectivity index (χ0n) is 25.7. The normalized spacial score (nSPS) is 26.6. The molecule has 10 heteroatoms. The molecule has 2 aromatic rings. The number of hydrogen-bond acceptors (Lipinski definition) is 8. The van der Waals surface area contributed by atoms with E-state index in [-0.39, 0.29) is 11.5 Å². The van der Waals surface area contributed by atoms with Crippen molar-refractivity contribution in [2.45, 2.75) is 124 Å². The van der Waals surface area contributed by atoms with Gasteiger partial charge in [-0.2, -0.15) is 8.42 Å². The van der Waals surface area contributed by atoms with Crippen molar-refractivity contribution in [3.8, 4) is 0 Å². The molecule has 0 unspecified atom stereocenters. The zero-order valence-corrected chi connectivity index (χ0v) is 28.3. The van der Waals surface area contributed by atoms with Crippen molar-refractivity contribution < 1.29 is 31.2 Å². The van der Waals surface area contributed by atoms with E-state index in [1.807, 2.05) is 51.1 Å². The van der Waals surface area contributed by atoms with E-state index < -0.39 is 54.1 Å². The van der Waals surface area contributed by atoms with Crippen molar-refractivity contribution in [3.63, 3.8) is 0 Å². The Morgan fingerprint density at radius 3 is 2.00 bits per heavy atom. The fourth-order valence-corrected chi connectivity index (χ4v) is 14.0. The molecule has 2 fully saturated rings. The number of thioether (sulfide) groups is 1. The highest BCUT2D eigenvalue weighted by molar-refractivity contribution is 7.99. The zero-order chi connectivity index (χ0) is 30.2. The summed E-state index contributed by atoms with van der Waals surface area (Å²) >= 11 is 1.54. The maximum absolute atomic E-state index is 13.2. The average Bonchev–Trinajstić information content (AvgIpc) is 3.22. The predicted octanol–water partition coefficient (Wildman–Crippen LogP) is 7.30. The smallest absolute Gasteiger partial charge is 0.297 e. The van der Waals surface area contributed by atoms with Gasteiger partial charge in [0.2, 0.25) is 8.32 Å². The van der Waals surface area contributed by atoms with E-state index in [4.69, 9.17) is 22.8 Å². The van der Waals surface area contributed by atoms with Gasteiger partial charge in [-0.1, -0.05) is 89.2 Å². The number of aryl methyl sites for hydroxylation is 1. The van der Waals surface area contributed by atoms with Gasteiger partial charge in [0.1, 0.15) is 29.9 Å². The van der Waals surface area contributed by atoms with Crippen LogP contribution in [0.15, 0.2) is 64.4 Å². The van der Waals surface area contributed by atoms with Crippen molar-refractivity contribution >= 4 is 30.2 Å². The second-order valence-electron chi connectivity index (χ2n) is 12.5. The van der Waals surface area contributed by atoms with Gasteiger partial charge >= 0.3 is 0 Å². The van der Waals surface area contributed by atoms with Gasteiger partial charge in [0, 0.05) is 4.90 Å². The van der Waals surface area contributed by atoms with E-state index in [0.717, 1.165) is 10.5 Å². The summed E-state index contributed by atoms with van der Waals surface area (Å²) in [4.78, 5) is 1.13. The van der Waals surface area contributed by atoms with Crippen LogP contribution < -0.4 is 0 Å². The Morgan fingerprint density at radius 2 is 1.44 bits per heavy atom. The van der Waals surface area contributed by atoms with Gasteiger partial charge in [-0.15, -0.1) is 0 Å². The number of ether oxygens (including phenoxy) is 3. The molecule has 0 aromatic heterocycles. The van der Waals surface area contributed by atoms with Crippen molar-refractivity contribution in [2.24, 2.45) is 0 Å². The Kier molecular flexibility index (Phi) is 10.2. The van der Waals surface area contributed by atoms with E-state index in [9.17, 15) is 8.42 Å². The quantitative estimate of drug-likeness (QED) is 0.191. The van der Waals surface area contributed by atoms with Crippen LogP contribution in [0.1, 0.15) is 61.0 Å². The summed E-state index contributed by atoms with van der Waals surface area (Å²) < 4.78 is 59.2. The predicted molar refractivity (Wildman–Crippen MR) is 165 cm³/mol. The maximum atomic E-state index is 13.2. The summed E-state index contributed by atoms with van der Waals surface area (Å²) in [6.07, 6.45) is -2.14. The number of benzene rings is 2. The largest absolute Gasteiger partial charge is 0.408 e. The first-order chi connectivity index (χ1) is 19.2. The minimum Gasteiger partial charge on any atom is -0.408 e. The van der Waals surface area contributed by atoms with Gasteiger partial charge in [0.05, 0.1) is 11.5 Å². The van der Waals surface area contributed by atoms with E-state index in [1.54, 1.807) is 24.3 Å². The van der Waals surface area contributed by atoms with E-state index in [2.05, 4.69) is 41.5 Å². The molecular weight excluding hydrogens is 577 g/mol. The Labute approximate surface area is 251 Å². The summed E-state index contributed by atoms with van der Waals surface area (Å²) in [6, 6.07) is 16.6. The van der Waals surface area contributed by atoms with Crippen molar-refractivity contribution in [3.05, 3.63) is 60.2 Å². The van der Waals surface area contributed by atoms with Crippen LogP contribution in [0.4, 0.5) is 0 Å². The lowest BCUT2D eigenvalue weighted by Crippen LogP contribution is -2.62. The molecule has 41 heavy (non-hydrogen) atoms. The third-order valence-corrected chi connectivity index (χ3v) is 16.7. The fraction of sp³-hybridized carbons (Fsp3) is 0.613. The highest BCUT2D eigenvalue weighted by Gasteiger charge is 2.59. The SMILES string of the molecule is Cc1ccc(S(=O)(=O)OC[C@H]2O[C@H](Sc3ccccc3)[C@H]3OC(C)(C)O[C@H]3[C@@H]2O[Si](C(C)C)(C(C)C)C(C)C)cc1. The van der Waals surface area contributed by atoms with Crippen molar-refractivity contribution in [1.29, 1.82) is 0 Å². The Morgan fingerprint density at radius 1 is 0.878 bits per heavy atom. The summed E-state index contributed by atoms with van der Waals surface area (Å²) in [5.74, 6) is -0.850. The molecule has 2 heterocycles. The van der Waals surface area contributed by atoms with Crippen molar-refractivity contribution in [1.82, 2.24) is 0 Å². The van der Waals surface area contributed by atoms with Crippen LogP contribution in [-0.2, 0) is 32.9 Å². The van der Waals surface area contributed by atoms with Crippen molar-refractivity contribution in [2.75, 3.05) is 6.61 Å². The van der Waals surface area contributed by atoms with Crippen LogP contribution in [0.3, 0.4) is 0 Å². The van der Waals surface area contributed by atoms with Crippen LogP contribution in [0.5, 0.6) is 0 Å². The van der Waals surface area contributed by atoms with E-state index in [0.29, 0.717) is 16.6 Å². The first-order valence-electron chi connectivity index (χ1n) is 14.5. The van der Waals surface area contributed by atoms with Crippen LogP contribution in [-0.4, -0.2) is 59.0 Å². The molecule has 7 nitrogen and oxygen atoms in total. The third kappa shape index (κ3) is 7.12. The molecule has 0 radical (unpaired) electrons. The first kappa shape index (κ1) is 32.7. The lowest BCUT2D eigenvalue weighted by Gasteiger charge is -2.50. The van der Waals surface area contributed by atoms with E-state index >= 15 is 0 Å². The molecule has 0 aliphatic carbocycles. The van der Waals surface area contributed by atoms with Crippen LogP contribution >= 0.6 is 11.8 Å². The molecular formula is C31H46O7S2Si. The highest BCUT2D eigenvalue weighted by atomic mass is 32.2. The van der Waals surface area contributed by atoms with Crippen LogP contribution in [0.2, 0.25) is 16.6 Å². The van der Waals surface area contributed by atoms with Gasteiger partial charge in [0.15, 0.2) is 5.79 Å². The van der Waals surface area contributed by atoms with Gasteiger partial charge in [0.25, 0.3) is 10.1 Å². The molecule has 228 valence electrons. The van der Waals surface area contributed by atoms with Crippen LogP contribution in [0, 0.1) is 6.92 Å². The Hall–Kier alpha value is -1.24. The minimum absolute atomic E-state index is 0.112. The monoisotopic (exact) mass is 622 g/mol. The van der Waals surface area contributed by atoms with Gasteiger partial charge < -0.3 is 18.6 Å². The minimum atomic E-state index is -4.02. The first-order valence-corrected chi connectivity index (χ1v) is 19.0. The van der Waals surface area contributed by atoms with Gasteiger partial charge in [-0.05, 0) is 61.7 Å². The van der Waals surface area contributed by atoms with Gasteiger partial charge in [-0.3, -0.25) is 4.18 Å². The Balaban J connectivity index is 1.72. The molecule has 2 saturated heterocycles. The highest BCUT2D eigenvalue weighted by Crippen LogP contribution is 2.49. The molecule has 0 spiro atoms. The summed E-state index contributed by atoms with van der Waals surface area (Å²) in [7, 11) is -6.45. The standard InChI is InChI=1S/C31H46O7S2Si/c1-20(2)41(21(3)4,22(5)6)38-27-26(19-34-40(32,33)25-17-15-23(7)16-18-25)35-30(39-24-13-11-10-12-14-24)29-28(27)36-31(8,9)37-29/h10-18,20-22,26-30H,19H2,1-9H3/t26-,27-,28+,29+,30-/m1/s1. The molecule has 0 bridgehead atoms. The lowest BCUT2D eigenvalue weighted by atomic mass is 10.0. The molecule has 0 amide bonds. The molecule has 2 aliphatic rings. The number of fused-ring (bicyclic) bond motifs is 1. The number of rotatable bonds is 11. The van der Waals surface area contributed by atoms with Gasteiger partial charge in [-0.25, -0.2) is 0 Å². The van der Waals surface area contributed by atoms with E-state index in [1.165, 1.54) is 11.8 Å². The Bertz CT molecular complexity index is 1230. The average molecular weight is 623 g/mol. The maximum Gasteiger partial charge on any atom is 0.297 e. The summed E-state index contributed by atoms with van der Waals surface area (Å²) in [6.45, 7) is 18.9. The number of hydrogen-bond donors (Lipinski definition) is 0. The molecule has 0 N–H and O–H groups in total. The molecule has 2 aliphatic heterocycles. The summed E-state index contributed by atoms with van der Waals surface area (Å²) in [5, 5.41) is 0. The molecule has 4 rings (SSSR count). The summed E-state index contributed by atoms with van der Waals surface area (Å²) in [5.41, 5.74) is 1.45. The molecule has 2 aromatic carbocycles. The van der Waals surface area contributed by atoms with Crippen LogP contribution in [0.25, 0.3) is 0 Å².